The molecule has 4 rings (SSSR count). The highest BCUT2D eigenvalue weighted by molar-refractivity contribution is 7.27. The van der Waals surface area contributed by atoms with Crippen molar-refractivity contribution >= 4 is 37.9 Å². The van der Waals surface area contributed by atoms with Crippen LogP contribution in [-0.2, 0) is 19.0 Å². The van der Waals surface area contributed by atoms with E-state index in [0.717, 1.165) is 43.2 Å². The van der Waals surface area contributed by atoms with Gasteiger partial charge in [0.15, 0.2) is 5.13 Å². The van der Waals surface area contributed by atoms with E-state index >= 15 is 0 Å². The maximum Gasteiger partial charge on any atom is 0.416 e. The van der Waals surface area contributed by atoms with Crippen molar-refractivity contribution in [3.05, 3.63) is 65.6 Å². The first-order chi connectivity index (χ1) is 13.8. The summed E-state index contributed by atoms with van der Waals surface area (Å²) in [4.78, 5) is 10.6. The summed E-state index contributed by atoms with van der Waals surface area (Å²) in [5.74, 6) is 0. The number of hydrogen-bond donors (Lipinski definition) is 2. The molecule has 1 atom stereocenters. The molecule has 0 unspecified atom stereocenters. The third-order valence-corrected chi connectivity index (χ3v) is 6.69. The van der Waals surface area contributed by atoms with Gasteiger partial charge in [0, 0.05) is 29.7 Å². The van der Waals surface area contributed by atoms with Gasteiger partial charge in [-0.1, -0.05) is 23.5 Å². The minimum atomic E-state index is -4.34. The zero-order valence-electron chi connectivity index (χ0n) is 15.1. The van der Waals surface area contributed by atoms with Crippen LogP contribution in [0.25, 0.3) is 19.8 Å². The fourth-order valence-corrected chi connectivity index (χ4v) is 5.16. The average molecular weight is 435 g/mol. The zero-order chi connectivity index (χ0) is 20.6. The minimum Gasteiger partial charge on any atom is -0.375 e. The molecule has 0 aliphatic rings. The number of benzene rings is 1. The van der Waals surface area contributed by atoms with Gasteiger partial charge in [-0.3, -0.25) is 4.98 Å². The molecule has 0 radical (unpaired) electrons. The van der Waals surface area contributed by atoms with Crippen molar-refractivity contribution in [1.82, 2.24) is 9.97 Å². The number of anilines is 1. The van der Waals surface area contributed by atoms with Crippen LogP contribution in [0, 0.1) is 0 Å². The SMILES string of the molecule is Nc1nc(C[C@@H](N)Cc2ccc(C(F)(F)F)cc2)c(-c2cc3ccncc3s2)s1. The molecule has 9 heteroatoms. The molecular weight excluding hydrogens is 417 g/mol. The molecule has 150 valence electrons. The van der Waals surface area contributed by atoms with Crippen LogP contribution in [0.3, 0.4) is 0 Å². The Morgan fingerprint density at radius 2 is 1.79 bits per heavy atom. The Balaban J connectivity index is 1.52. The molecule has 0 bridgehead atoms. The maximum atomic E-state index is 12.7. The second-order valence-electron chi connectivity index (χ2n) is 6.72. The van der Waals surface area contributed by atoms with Crippen molar-refractivity contribution in [3.63, 3.8) is 0 Å². The van der Waals surface area contributed by atoms with Crippen LogP contribution < -0.4 is 11.5 Å². The molecule has 3 heterocycles. The summed E-state index contributed by atoms with van der Waals surface area (Å²) >= 11 is 3.03. The molecule has 0 aliphatic carbocycles. The monoisotopic (exact) mass is 434 g/mol. The number of nitrogen functional groups attached to an aromatic ring is 1. The van der Waals surface area contributed by atoms with E-state index in [1.54, 1.807) is 17.5 Å². The predicted octanol–water partition coefficient (Wildman–Crippen LogP) is 5.13. The topological polar surface area (TPSA) is 77.8 Å². The smallest absolute Gasteiger partial charge is 0.375 e. The Labute approximate surface area is 173 Å². The van der Waals surface area contributed by atoms with Crippen molar-refractivity contribution in [1.29, 1.82) is 0 Å². The number of nitrogens with two attached hydrogens (primary N) is 2. The molecule has 0 amide bonds. The summed E-state index contributed by atoms with van der Waals surface area (Å²) in [5.41, 5.74) is 13.1. The second kappa shape index (κ2) is 7.74. The number of pyridine rings is 1. The largest absolute Gasteiger partial charge is 0.416 e. The van der Waals surface area contributed by atoms with Gasteiger partial charge in [-0.25, -0.2) is 4.98 Å². The molecule has 0 aliphatic heterocycles. The molecule has 1 aromatic carbocycles. The van der Waals surface area contributed by atoms with Crippen molar-refractivity contribution in [3.8, 4) is 9.75 Å². The highest BCUT2D eigenvalue weighted by Crippen LogP contribution is 2.39. The van der Waals surface area contributed by atoms with Crippen LogP contribution in [0.4, 0.5) is 18.3 Å². The van der Waals surface area contributed by atoms with E-state index in [-0.39, 0.29) is 6.04 Å². The summed E-state index contributed by atoms with van der Waals surface area (Å²) in [6.07, 6.45) is 0.167. The Morgan fingerprint density at radius 1 is 1.03 bits per heavy atom. The lowest BCUT2D eigenvalue weighted by atomic mass is 10.0. The highest BCUT2D eigenvalue weighted by atomic mass is 32.1. The van der Waals surface area contributed by atoms with Gasteiger partial charge in [0.05, 0.1) is 20.8 Å². The Bertz CT molecular complexity index is 1100. The number of aromatic nitrogens is 2. The van der Waals surface area contributed by atoms with Crippen LogP contribution in [0.5, 0.6) is 0 Å². The lowest BCUT2D eigenvalue weighted by Gasteiger charge is -2.12. The van der Waals surface area contributed by atoms with Crippen molar-refractivity contribution < 1.29 is 13.2 Å². The molecule has 0 saturated heterocycles. The van der Waals surface area contributed by atoms with Crippen LogP contribution in [0.1, 0.15) is 16.8 Å². The molecule has 4 aromatic rings. The Hall–Kier alpha value is -2.49. The third-order valence-electron chi connectivity index (χ3n) is 4.50. The number of alkyl halides is 3. The van der Waals surface area contributed by atoms with E-state index in [9.17, 15) is 13.2 Å². The van der Waals surface area contributed by atoms with E-state index in [0.29, 0.717) is 18.0 Å². The molecule has 0 saturated carbocycles. The number of rotatable bonds is 5. The van der Waals surface area contributed by atoms with Gasteiger partial charge in [0.1, 0.15) is 0 Å². The molecule has 0 fully saturated rings. The standard InChI is InChI=1S/C20H17F3N4S2/c21-20(22,23)13-3-1-11(2-4-13)7-14(24)9-15-18(29-19(25)27-15)16-8-12-5-6-26-10-17(12)28-16/h1-6,8,10,14H,7,9,24H2,(H2,25,27)/t14-/m0/s1. The molecule has 4 N–H and O–H groups in total. The van der Waals surface area contributed by atoms with Gasteiger partial charge in [-0.05, 0) is 41.6 Å². The third kappa shape index (κ3) is 4.42. The summed E-state index contributed by atoms with van der Waals surface area (Å²) in [5, 5.41) is 1.57. The average Bonchev–Trinajstić information content (AvgIpc) is 3.24. The predicted molar refractivity (Wildman–Crippen MR) is 112 cm³/mol. The Kier molecular flexibility index (Phi) is 5.28. The number of halogens is 3. The summed E-state index contributed by atoms with van der Waals surface area (Å²) < 4.78 is 39.2. The fraction of sp³-hybridized carbons (Fsp3) is 0.200. The van der Waals surface area contributed by atoms with Gasteiger partial charge in [0.25, 0.3) is 0 Å². The van der Waals surface area contributed by atoms with Crippen LogP contribution in [0.15, 0.2) is 48.8 Å². The number of thiophene rings is 1. The van der Waals surface area contributed by atoms with Crippen molar-refractivity contribution in [2.75, 3.05) is 5.73 Å². The molecule has 29 heavy (non-hydrogen) atoms. The van der Waals surface area contributed by atoms with Crippen LogP contribution in [-0.4, -0.2) is 16.0 Å². The summed E-state index contributed by atoms with van der Waals surface area (Å²) in [6.45, 7) is 0. The molecule has 3 aromatic heterocycles. The maximum absolute atomic E-state index is 12.7. The van der Waals surface area contributed by atoms with Gasteiger partial charge in [0.2, 0.25) is 0 Å². The first kappa shape index (κ1) is 19.8. The molecular formula is C20H17F3N4S2. The van der Waals surface area contributed by atoms with E-state index in [2.05, 4.69) is 16.0 Å². The first-order valence-corrected chi connectivity index (χ1v) is 10.4. The summed E-state index contributed by atoms with van der Waals surface area (Å²) in [6, 6.07) is 8.85. The number of thiazole rings is 1. The molecule has 4 nitrogen and oxygen atoms in total. The van der Waals surface area contributed by atoms with E-state index in [1.165, 1.54) is 23.5 Å². The summed E-state index contributed by atoms with van der Waals surface area (Å²) in [7, 11) is 0. The number of fused-ring (bicyclic) bond motifs is 1. The number of nitrogens with zero attached hydrogens (tertiary/aromatic N) is 2. The fourth-order valence-electron chi connectivity index (χ4n) is 3.15. The Morgan fingerprint density at radius 3 is 2.48 bits per heavy atom. The second-order valence-corrected chi connectivity index (χ2v) is 8.83. The lowest BCUT2D eigenvalue weighted by Crippen LogP contribution is -2.26. The van der Waals surface area contributed by atoms with Gasteiger partial charge in [-0.15, -0.1) is 11.3 Å². The lowest BCUT2D eigenvalue weighted by molar-refractivity contribution is -0.137. The van der Waals surface area contributed by atoms with Gasteiger partial charge < -0.3 is 11.5 Å². The van der Waals surface area contributed by atoms with Gasteiger partial charge in [-0.2, -0.15) is 13.2 Å². The van der Waals surface area contributed by atoms with Crippen LogP contribution in [0.2, 0.25) is 0 Å². The first-order valence-electron chi connectivity index (χ1n) is 8.80. The van der Waals surface area contributed by atoms with E-state index in [1.807, 2.05) is 12.3 Å². The van der Waals surface area contributed by atoms with E-state index in [4.69, 9.17) is 11.5 Å². The normalized spacial score (nSPS) is 13.1. The van der Waals surface area contributed by atoms with Crippen molar-refractivity contribution in [2.45, 2.75) is 25.1 Å². The molecule has 0 spiro atoms. The quantitative estimate of drug-likeness (QED) is 0.456. The highest BCUT2D eigenvalue weighted by Gasteiger charge is 2.30. The van der Waals surface area contributed by atoms with E-state index < -0.39 is 11.7 Å². The van der Waals surface area contributed by atoms with Gasteiger partial charge >= 0.3 is 6.18 Å². The zero-order valence-corrected chi connectivity index (χ0v) is 16.7. The number of hydrogen-bond acceptors (Lipinski definition) is 6. The van der Waals surface area contributed by atoms with Crippen LogP contribution >= 0.6 is 22.7 Å². The van der Waals surface area contributed by atoms with Crippen molar-refractivity contribution in [2.24, 2.45) is 5.73 Å². The minimum absolute atomic E-state index is 0.289.